The van der Waals surface area contributed by atoms with Crippen LogP contribution in [0.4, 0.5) is 4.79 Å². The van der Waals surface area contributed by atoms with Gasteiger partial charge in [0.15, 0.2) is 0 Å². The largest absolute Gasteiger partial charge is 0.413 e. The van der Waals surface area contributed by atoms with Gasteiger partial charge in [-0.3, -0.25) is 4.79 Å². The first kappa shape index (κ1) is 11.4. The maximum atomic E-state index is 11.3. The molecule has 0 aromatic heterocycles. The predicted octanol–water partition coefficient (Wildman–Crippen LogP) is 1.05. The molecule has 0 radical (unpaired) electrons. The van der Waals surface area contributed by atoms with Gasteiger partial charge < -0.3 is 15.4 Å². The third-order valence-corrected chi connectivity index (χ3v) is 2.29. The van der Waals surface area contributed by atoms with Crippen LogP contribution in [-0.2, 0) is 4.79 Å². The Kier molecular flexibility index (Phi) is 3.59. The van der Waals surface area contributed by atoms with E-state index in [0.717, 1.165) is 12.8 Å². The molecule has 2 N–H and O–H groups in total. The zero-order chi connectivity index (χ0) is 12.1. The quantitative estimate of drug-likeness (QED) is 0.818. The van der Waals surface area contributed by atoms with Crippen molar-refractivity contribution in [1.82, 2.24) is 10.6 Å². The van der Waals surface area contributed by atoms with Gasteiger partial charge in [0.2, 0.25) is 5.91 Å². The molecular weight excluding hydrogens is 220 g/mol. The Morgan fingerprint density at radius 1 is 1.24 bits per heavy atom. The third kappa shape index (κ3) is 4.14. The van der Waals surface area contributed by atoms with Gasteiger partial charge in [0, 0.05) is 6.04 Å². The monoisotopic (exact) mass is 234 g/mol. The van der Waals surface area contributed by atoms with E-state index in [1.165, 1.54) is 0 Å². The van der Waals surface area contributed by atoms with Gasteiger partial charge in [0.1, 0.15) is 12.3 Å². The highest BCUT2D eigenvalue weighted by Crippen LogP contribution is 2.18. The first-order chi connectivity index (χ1) is 8.24. The summed E-state index contributed by atoms with van der Waals surface area (Å²) in [6.45, 7) is -0.0534. The number of hydrogen-bond donors (Lipinski definition) is 2. The van der Waals surface area contributed by atoms with Crippen molar-refractivity contribution in [3.05, 3.63) is 30.3 Å². The van der Waals surface area contributed by atoms with Crippen molar-refractivity contribution in [1.29, 1.82) is 0 Å². The number of nitrogens with one attached hydrogen (secondary N) is 2. The molecule has 0 aliphatic heterocycles. The van der Waals surface area contributed by atoms with Crippen molar-refractivity contribution < 1.29 is 14.3 Å². The van der Waals surface area contributed by atoms with Crippen LogP contribution in [0.1, 0.15) is 12.8 Å². The minimum Gasteiger partial charge on any atom is -0.410 e. The third-order valence-electron chi connectivity index (χ3n) is 2.29. The van der Waals surface area contributed by atoms with Crippen LogP contribution in [0.25, 0.3) is 0 Å². The van der Waals surface area contributed by atoms with E-state index in [0.29, 0.717) is 11.8 Å². The highest BCUT2D eigenvalue weighted by Gasteiger charge is 2.23. The van der Waals surface area contributed by atoms with Crippen molar-refractivity contribution in [2.75, 3.05) is 6.54 Å². The Balaban J connectivity index is 1.68. The number of carbonyl (C=O) groups excluding carboxylic acids is 2. The highest BCUT2D eigenvalue weighted by molar-refractivity contribution is 5.83. The molecule has 5 heteroatoms. The minimum atomic E-state index is -0.623. The molecule has 1 saturated carbocycles. The van der Waals surface area contributed by atoms with Crippen LogP contribution in [0.5, 0.6) is 5.75 Å². The van der Waals surface area contributed by atoms with Crippen molar-refractivity contribution in [2.24, 2.45) is 0 Å². The van der Waals surface area contributed by atoms with Crippen LogP contribution < -0.4 is 15.4 Å². The van der Waals surface area contributed by atoms with E-state index in [-0.39, 0.29) is 12.5 Å². The molecule has 0 atom stereocenters. The van der Waals surface area contributed by atoms with Crippen LogP contribution in [0.3, 0.4) is 0 Å². The van der Waals surface area contributed by atoms with Crippen molar-refractivity contribution >= 4 is 12.0 Å². The summed E-state index contributed by atoms with van der Waals surface area (Å²) in [7, 11) is 0. The van der Waals surface area contributed by atoms with Gasteiger partial charge in [-0.15, -0.1) is 0 Å². The van der Waals surface area contributed by atoms with E-state index in [1.54, 1.807) is 24.3 Å². The van der Waals surface area contributed by atoms with Gasteiger partial charge in [-0.25, -0.2) is 4.79 Å². The van der Waals surface area contributed by atoms with Gasteiger partial charge in [-0.05, 0) is 25.0 Å². The number of rotatable bonds is 4. The molecule has 2 rings (SSSR count). The number of ether oxygens (including phenoxy) is 1. The van der Waals surface area contributed by atoms with Gasteiger partial charge in [0.25, 0.3) is 0 Å². The van der Waals surface area contributed by atoms with Crippen LogP contribution in [0.15, 0.2) is 30.3 Å². The zero-order valence-electron chi connectivity index (χ0n) is 9.31. The Morgan fingerprint density at radius 3 is 2.59 bits per heavy atom. The lowest BCUT2D eigenvalue weighted by atomic mass is 10.3. The first-order valence-electron chi connectivity index (χ1n) is 5.54. The molecule has 0 heterocycles. The molecule has 1 aliphatic rings. The SMILES string of the molecule is O=C(CNC(=O)Oc1ccccc1)NC1CC1. The van der Waals surface area contributed by atoms with E-state index in [1.807, 2.05) is 6.07 Å². The molecule has 1 aromatic rings. The van der Waals surface area contributed by atoms with E-state index in [2.05, 4.69) is 10.6 Å². The maximum absolute atomic E-state index is 11.3. The summed E-state index contributed by atoms with van der Waals surface area (Å²) >= 11 is 0. The summed E-state index contributed by atoms with van der Waals surface area (Å²) in [5, 5.41) is 5.15. The topological polar surface area (TPSA) is 67.4 Å². The fraction of sp³-hybridized carbons (Fsp3) is 0.333. The Hall–Kier alpha value is -2.04. The van der Waals surface area contributed by atoms with Crippen LogP contribution in [0.2, 0.25) is 0 Å². The molecule has 1 aromatic carbocycles. The van der Waals surface area contributed by atoms with Gasteiger partial charge >= 0.3 is 6.09 Å². The van der Waals surface area contributed by atoms with Gasteiger partial charge in [-0.2, -0.15) is 0 Å². The lowest BCUT2D eigenvalue weighted by Crippen LogP contribution is -2.38. The number of hydrogen-bond acceptors (Lipinski definition) is 3. The fourth-order valence-corrected chi connectivity index (χ4v) is 1.29. The molecule has 1 aliphatic carbocycles. The molecule has 5 nitrogen and oxygen atoms in total. The average molecular weight is 234 g/mol. The molecule has 0 saturated heterocycles. The van der Waals surface area contributed by atoms with Crippen LogP contribution in [-0.4, -0.2) is 24.6 Å². The minimum absolute atomic E-state index is 0.0534. The second-order valence-electron chi connectivity index (χ2n) is 3.90. The lowest BCUT2D eigenvalue weighted by Gasteiger charge is -2.06. The Labute approximate surface area is 99.2 Å². The number of carbonyl (C=O) groups is 2. The average Bonchev–Trinajstić information content (AvgIpc) is 3.12. The molecule has 0 unspecified atom stereocenters. The smallest absolute Gasteiger partial charge is 0.410 e. The standard InChI is InChI=1S/C12H14N2O3/c15-11(14-9-6-7-9)8-13-12(16)17-10-4-2-1-3-5-10/h1-5,9H,6-8H2,(H,13,16)(H,14,15). The van der Waals surface area contributed by atoms with Crippen molar-refractivity contribution in [3.63, 3.8) is 0 Å². The summed E-state index contributed by atoms with van der Waals surface area (Å²) in [6.07, 6.45) is 1.43. The summed E-state index contributed by atoms with van der Waals surface area (Å²) < 4.78 is 4.96. The molecule has 0 bridgehead atoms. The summed E-state index contributed by atoms with van der Waals surface area (Å²) in [5.41, 5.74) is 0. The molecule has 1 fully saturated rings. The molecule has 90 valence electrons. The summed E-state index contributed by atoms with van der Waals surface area (Å²) in [4.78, 5) is 22.6. The highest BCUT2D eigenvalue weighted by atomic mass is 16.6. The van der Waals surface area contributed by atoms with E-state index in [9.17, 15) is 9.59 Å². The molecule has 0 spiro atoms. The number of benzene rings is 1. The second-order valence-corrected chi connectivity index (χ2v) is 3.90. The zero-order valence-corrected chi connectivity index (χ0v) is 9.31. The summed E-state index contributed by atoms with van der Waals surface area (Å²) in [6, 6.07) is 9.00. The molecule has 2 amide bonds. The van der Waals surface area contributed by atoms with Crippen molar-refractivity contribution in [2.45, 2.75) is 18.9 Å². The lowest BCUT2D eigenvalue weighted by molar-refractivity contribution is -0.120. The fourth-order valence-electron chi connectivity index (χ4n) is 1.29. The first-order valence-corrected chi connectivity index (χ1v) is 5.54. The van der Waals surface area contributed by atoms with Crippen molar-refractivity contribution in [3.8, 4) is 5.75 Å². The van der Waals surface area contributed by atoms with Crippen LogP contribution >= 0.6 is 0 Å². The number of para-hydroxylation sites is 1. The van der Waals surface area contributed by atoms with Crippen LogP contribution in [0, 0.1) is 0 Å². The van der Waals surface area contributed by atoms with Gasteiger partial charge in [-0.1, -0.05) is 18.2 Å². The van der Waals surface area contributed by atoms with Gasteiger partial charge in [0.05, 0.1) is 0 Å². The maximum Gasteiger partial charge on any atom is 0.413 e. The van der Waals surface area contributed by atoms with E-state index < -0.39 is 6.09 Å². The van der Waals surface area contributed by atoms with E-state index >= 15 is 0 Å². The summed E-state index contributed by atoms with van der Waals surface area (Å²) in [5.74, 6) is 0.269. The van der Waals surface area contributed by atoms with E-state index in [4.69, 9.17) is 4.74 Å². The second kappa shape index (κ2) is 5.34. The predicted molar refractivity (Wildman–Crippen MR) is 61.6 cm³/mol. The normalized spacial score (nSPS) is 13.9. The number of amides is 2. The Morgan fingerprint density at radius 2 is 1.94 bits per heavy atom. The Bertz CT molecular complexity index is 401. The molecule has 17 heavy (non-hydrogen) atoms. The molecular formula is C12H14N2O3.